The number of nitrogens with zero attached hydrogens (tertiary/aromatic N) is 4. The highest BCUT2D eigenvalue weighted by Crippen LogP contribution is 2.21. The second-order valence-electron chi connectivity index (χ2n) is 7.26. The Morgan fingerprint density at radius 1 is 1.48 bits per heavy atom. The minimum atomic E-state index is -0.490. The van der Waals surface area contributed by atoms with Gasteiger partial charge in [-0.05, 0) is 39.3 Å². The molecule has 0 spiro atoms. The second-order valence-corrected chi connectivity index (χ2v) is 7.26. The van der Waals surface area contributed by atoms with Crippen LogP contribution in [0, 0.1) is 0 Å². The molecule has 3 rings (SSSR count). The summed E-state index contributed by atoms with van der Waals surface area (Å²) in [7, 11) is 1.78. The topological polar surface area (TPSA) is 84.8 Å². The van der Waals surface area contributed by atoms with Crippen molar-refractivity contribution in [2.75, 3.05) is 20.1 Å². The standard InChI is InChI=1S/C17H24N4O4/c1-17(2,3)24-16(22)20(4)12-7-8-21(10-12)11-14-18-15(19-25-14)13-6-5-9-23-13/h5-6,9,12H,7-8,10-11H2,1-4H3. The Labute approximate surface area is 146 Å². The van der Waals surface area contributed by atoms with Gasteiger partial charge in [-0.25, -0.2) is 4.79 Å². The van der Waals surface area contributed by atoms with E-state index in [9.17, 15) is 4.79 Å². The molecule has 0 radical (unpaired) electrons. The molecule has 0 bridgehead atoms. The summed E-state index contributed by atoms with van der Waals surface area (Å²) in [6.07, 6.45) is 2.16. The summed E-state index contributed by atoms with van der Waals surface area (Å²) in [6.45, 7) is 7.75. The van der Waals surface area contributed by atoms with Crippen LogP contribution in [0.2, 0.25) is 0 Å². The van der Waals surface area contributed by atoms with E-state index in [4.69, 9.17) is 13.7 Å². The molecule has 2 aromatic heterocycles. The average Bonchev–Trinajstić information content (AvgIpc) is 3.26. The first-order valence-electron chi connectivity index (χ1n) is 8.36. The third-order valence-corrected chi connectivity index (χ3v) is 4.05. The van der Waals surface area contributed by atoms with E-state index in [1.165, 1.54) is 0 Å². The molecule has 1 aliphatic rings. The van der Waals surface area contributed by atoms with Gasteiger partial charge in [-0.15, -0.1) is 0 Å². The minimum absolute atomic E-state index is 0.113. The summed E-state index contributed by atoms with van der Waals surface area (Å²) in [4.78, 5) is 20.4. The third kappa shape index (κ3) is 4.39. The maximum atomic E-state index is 12.2. The number of hydrogen-bond acceptors (Lipinski definition) is 7. The summed E-state index contributed by atoms with van der Waals surface area (Å²) >= 11 is 0. The fraction of sp³-hybridized carbons (Fsp3) is 0.588. The Balaban J connectivity index is 1.54. The van der Waals surface area contributed by atoms with Gasteiger partial charge in [0.15, 0.2) is 5.76 Å². The maximum Gasteiger partial charge on any atom is 0.410 e. The number of furan rings is 1. The van der Waals surface area contributed by atoms with Crippen LogP contribution in [-0.2, 0) is 11.3 Å². The number of likely N-dealkylation sites (tertiary alicyclic amines) is 1. The van der Waals surface area contributed by atoms with Crippen molar-refractivity contribution in [3.8, 4) is 11.6 Å². The Kier molecular flexibility index (Phi) is 4.80. The molecule has 1 saturated heterocycles. The lowest BCUT2D eigenvalue weighted by molar-refractivity contribution is 0.0227. The highest BCUT2D eigenvalue weighted by Gasteiger charge is 2.31. The van der Waals surface area contributed by atoms with E-state index in [2.05, 4.69) is 15.0 Å². The van der Waals surface area contributed by atoms with Crippen LogP contribution < -0.4 is 0 Å². The van der Waals surface area contributed by atoms with Crippen molar-refractivity contribution in [3.05, 3.63) is 24.3 Å². The Morgan fingerprint density at radius 2 is 2.28 bits per heavy atom. The van der Waals surface area contributed by atoms with E-state index in [-0.39, 0.29) is 12.1 Å². The summed E-state index contributed by atoms with van der Waals surface area (Å²) in [5, 5.41) is 3.93. The number of hydrogen-bond donors (Lipinski definition) is 0. The number of aromatic nitrogens is 2. The zero-order chi connectivity index (χ0) is 18.0. The first-order valence-corrected chi connectivity index (χ1v) is 8.36. The molecule has 0 aromatic carbocycles. The van der Waals surface area contributed by atoms with E-state index >= 15 is 0 Å². The molecular formula is C17H24N4O4. The molecule has 0 N–H and O–H groups in total. The summed E-state index contributed by atoms with van der Waals surface area (Å²) < 4.78 is 16.0. The average molecular weight is 348 g/mol. The van der Waals surface area contributed by atoms with E-state index in [0.29, 0.717) is 24.0 Å². The monoisotopic (exact) mass is 348 g/mol. The predicted molar refractivity (Wildman–Crippen MR) is 89.7 cm³/mol. The lowest BCUT2D eigenvalue weighted by atomic mass is 10.2. The van der Waals surface area contributed by atoms with Gasteiger partial charge in [0.2, 0.25) is 11.7 Å². The van der Waals surface area contributed by atoms with Crippen molar-refractivity contribution >= 4 is 6.09 Å². The highest BCUT2D eigenvalue weighted by molar-refractivity contribution is 5.68. The van der Waals surface area contributed by atoms with Gasteiger partial charge in [-0.3, -0.25) is 4.90 Å². The van der Waals surface area contributed by atoms with Crippen molar-refractivity contribution in [1.29, 1.82) is 0 Å². The number of amides is 1. The van der Waals surface area contributed by atoms with E-state index in [1.54, 1.807) is 30.3 Å². The van der Waals surface area contributed by atoms with Crippen LogP contribution in [0.25, 0.3) is 11.6 Å². The second kappa shape index (κ2) is 6.87. The molecule has 1 amide bonds. The van der Waals surface area contributed by atoms with Gasteiger partial charge in [-0.2, -0.15) is 4.98 Å². The van der Waals surface area contributed by atoms with Crippen LogP contribution in [0.1, 0.15) is 33.1 Å². The lowest BCUT2D eigenvalue weighted by Crippen LogP contribution is -2.42. The van der Waals surface area contributed by atoms with Gasteiger partial charge in [0, 0.05) is 26.2 Å². The Bertz CT molecular complexity index is 705. The number of carbonyl (C=O) groups excluding carboxylic acids is 1. The van der Waals surface area contributed by atoms with Crippen LogP contribution >= 0.6 is 0 Å². The molecule has 3 heterocycles. The number of rotatable bonds is 4. The molecule has 2 aromatic rings. The van der Waals surface area contributed by atoms with Crippen molar-refractivity contribution in [1.82, 2.24) is 19.9 Å². The SMILES string of the molecule is CN(C(=O)OC(C)(C)C)C1CCN(Cc2nc(-c3ccco3)no2)C1. The maximum absolute atomic E-state index is 12.2. The molecule has 25 heavy (non-hydrogen) atoms. The first-order chi connectivity index (χ1) is 11.8. The lowest BCUT2D eigenvalue weighted by Gasteiger charge is -2.28. The number of ether oxygens (including phenoxy) is 1. The van der Waals surface area contributed by atoms with Gasteiger partial charge in [-0.1, -0.05) is 5.16 Å². The van der Waals surface area contributed by atoms with Gasteiger partial charge >= 0.3 is 6.09 Å². The Hall–Kier alpha value is -2.35. The smallest absolute Gasteiger partial charge is 0.410 e. The van der Waals surface area contributed by atoms with E-state index in [1.807, 2.05) is 20.8 Å². The quantitative estimate of drug-likeness (QED) is 0.840. The molecule has 1 unspecified atom stereocenters. The molecular weight excluding hydrogens is 324 g/mol. The molecule has 136 valence electrons. The van der Waals surface area contributed by atoms with Gasteiger partial charge in [0.25, 0.3) is 0 Å². The summed E-state index contributed by atoms with van der Waals surface area (Å²) in [6, 6.07) is 3.68. The van der Waals surface area contributed by atoms with Crippen LogP contribution in [0.3, 0.4) is 0 Å². The van der Waals surface area contributed by atoms with Crippen molar-refractivity contribution < 1.29 is 18.5 Å². The normalized spacial score (nSPS) is 18.5. The molecule has 0 aliphatic carbocycles. The molecule has 1 fully saturated rings. The zero-order valence-corrected chi connectivity index (χ0v) is 15.1. The molecule has 8 heteroatoms. The van der Waals surface area contributed by atoms with E-state index in [0.717, 1.165) is 19.5 Å². The third-order valence-electron chi connectivity index (χ3n) is 4.05. The molecule has 8 nitrogen and oxygen atoms in total. The number of likely N-dealkylation sites (N-methyl/N-ethyl adjacent to an activating group) is 1. The van der Waals surface area contributed by atoms with Gasteiger partial charge < -0.3 is 18.6 Å². The molecule has 0 saturated carbocycles. The van der Waals surface area contributed by atoms with Gasteiger partial charge in [0.05, 0.1) is 12.8 Å². The number of carbonyl (C=O) groups is 1. The van der Waals surface area contributed by atoms with Crippen molar-refractivity contribution in [2.24, 2.45) is 0 Å². The first kappa shape index (κ1) is 17.5. The molecule has 1 aliphatic heterocycles. The van der Waals surface area contributed by atoms with E-state index < -0.39 is 5.60 Å². The van der Waals surface area contributed by atoms with Crippen molar-refractivity contribution in [2.45, 2.75) is 45.4 Å². The fourth-order valence-corrected chi connectivity index (χ4v) is 2.77. The highest BCUT2D eigenvalue weighted by atomic mass is 16.6. The Morgan fingerprint density at radius 3 is 2.96 bits per heavy atom. The zero-order valence-electron chi connectivity index (χ0n) is 15.1. The largest absolute Gasteiger partial charge is 0.461 e. The van der Waals surface area contributed by atoms with Crippen LogP contribution in [0.15, 0.2) is 27.3 Å². The van der Waals surface area contributed by atoms with Gasteiger partial charge in [0.1, 0.15) is 5.60 Å². The fourth-order valence-electron chi connectivity index (χ4n) is 2.77. The van der Waals surface area contributed by atoms with Crippen LogP contribution in [0.5, 0.6) is 0 Å². The minimum Gasteiger partial charge on any atom is -0.461 e. The van der Waals surface area contributed by atoms with Crippen LogP contribution in [0.4, 0.5) is 4.79 Å². The predicted octanol–water partition coefficient (Wildman–Crippen LogP) is 2.77. The summed E-state index contributed by atoms with van der Waals surface area (Å²) in [5.41, 5.74) is -0.490. The van der Waals surface area contributed by atoms with Crippen LogP contribution in [-0.4, -0.2) is 57.8 Å². The molecule has 1 atom stereocenters. The summed E-state index contributed by atoms with van der Waals surface area (Å²) in [5.74, 6) is 1.56. The van der Waals surface area contributed by atoms with Crippen molar-refractivity contribution in [3.63, 3.8) is 0 Å².